The van der Waals surface area contributed by atoms with Gasteiger partial charge in [-0.2, -0.15) is 15.1 Å². The van der Waals surface area contributed by atoms with Gasteiger partial charge in [-0.1, -0.05) is 0 Å². The summed E-state index contributed by atoms with van der Waals surface area (Å²) in [5.74, 6) is 1.19. The molecule has 0 aliphatic heterocycles. The molecule has 0 saturated heterocycles. The minimum Gasteiger partial charge on any atom is -0.369 e. The fraction of sp³-hybridized carbons (Fsp3) is 0.545. The van der Waals surface area contributed by atoms with Crippen LogP contribution in [-0.2, 0) is 10.0 Å². The average Bonchev–Trinajstić information content (AvgIpc) is 2.85. The van der Waals surface area contributed by atoms with E-state index in [2.05, 4.69) is 35.5 Å². The molecule has 2 heterocycles. The first-order valence-electron chi connectivity index (χ1n) is 6.63. The van der Waals surface area contributed by atoms with Gasteiger partial charge in [0.2, 0.25) is 16.0 Å². The van der Waals surface area contributed by atoms with Crippen molar-refractivity contribution in [1.82, 2.24) is 24.9 Å². The largest absolute Gasteiger partial charge is 0.369 e. The highest BCUT2D eigenvalue weighted by Crippen LogP contribution is 2.19. The van der Waals surface area contributed by atoms with Crippen molar-refractivity contribution in [3.8, 4) is 0 Å². The van der Waals surface area contributed by atoms with Crippen molar-refractivity contribution in [3.05, 3.63) is 6.20 Å². The summed E-state index contributed by atoms with van der Waals surface area (Å²) in [6.07, 6.45) is 3.44. The van der Waals surface area contributed by atoms with Crippen LogP contribution < -0.4 is 15.4 Å². The number of anilines is 2. The molecular weight excluding hydrogens is 294 g/mol. The lowest BCUT2D eigenvalue weighted by Crippen LogP contribution is -2.24. The molecule has 0 aromatic carbocycles. The minimum absolute atomic E-state index is 0.380. The highest BCUT2D eigenvalue weighted by atomic mass is 32.2. The van der Waals surface area contributed by atoms with Gasteiger partial charge < -0.3 is 10.6 Å². The molecule has 0 atom stereocenters. The summed E-state index contributed by atoms with van der Waals surface area (Å²) in [6, 6.07) is 0. The molecule has 0 saturated carbocycles. The third kappa shape index (κ3) is 4.53. The Morgan fingerprint density at radius 1 is 1.24 bits per heavy atom. The van der Waals surface area contributed by atoms with Crippen molar-refractivity contribution in [3.63, 3.8) is 0 Å². The van der Waals surface area contributed by atoms with Crippen LogP contribution in [0.25, 0.3) is 11.0 Å². The second-order valence-electron chi connectivity index (χ2n) is 4.51. The zero-order valence-corrected chi connectivity index (χ0v) is 12.8. The van der Waals surface area contributed by atoms with Gasteiger partial charge in [0, 0.05) is 19.6 Å². The van der Waals surface area contributed by atoms with Gasteiger partial charge in [0.15, 0.2) is 5.65 Å². The first-order valence-corrected chi connectivity index (χ1v) is 8.52. The fourth-order valence-corrected chi connectivity index (χ4v) is 2.27. The van der Waals surface area contributed by atoms with Crippen LogP contribution in [0.3, 0.4) is 0 Å². The zero-order valence-electron chi connectivity index (χ0n) is 12.0. The second kappa shape index (κ2) is 6.68. The monoisotopic (exact) mass is 313 g/mol. The molecule has 2 aromatic rings. The number of H-pyrrole nitrogens is 1. The maximum Gasteiger partial charge on any atom is 0.226 e. The Morgan fingerprint density at radius 2 is 2.05 bits per heavy atom. The maximum atomic E-state index is 10.9. The van der Waals surface area contributed by atoms with Gasteiger partial charge in [0.05, 0.1) is 17.8 Å². The van der Waals surface area contributed by atoms with E-state index in [1.165, 1.54) is 0 Å². The van der Waals surface area contributed by atoms with Crippen molar-refractivity contribution in [2.45, 2.75) is 13.3 Å². The molecule has 21 heavy (non-hydrogen) atoms. The lowest BCUT2D eigenvalue weighted by molar-refractivity contribution is 0.586. The fourth-order valence-electron chi connectivity index (χ4n) is 1.76. The summed E-state index contributed by atoms with van der Waals surface area (Å²) in [4.78, 5) is 8.67. The van der Waals surface area contributed by atoms with Gasteiger partial charge in [-0.05, 0) is 13.3 Å². The van der Waals surface area contributed by atoms with Gasteiger partial charge >= 0.3 is 0 Å². The first-order chi connectivity index (χ1) is 9.99. The topological polar surface area (TPSA) is 125 Å². The predicted octanol–water partition coefficient (Wildman–Crippen LogP) is 0.136. The number of sulfonamides is 1. The van der Waals surface area contributed by atoms with Crippen molar-refractivity contribution >= 4 is 32.8 Å². The van der Waals surface area contributed by atoms with Crippen LogP contribution >= 0.6 is 0 Å². The Balaban J connectivity index is 1.98. The zero-order chi connectivity index (χ0) is 15.3. The molecule has 0 radical (unpaired) electrons. The Hall–Kier alpha value is -1.94. The quantitative estimate of drug-likeness (QED) is 0.511. The number of fused-ring (bicyclic) bond motifs is 1. The van der Waals surface area contributed by atoms with Gasteiger partial charge in [-0.15, -0.1) is 0 Å². The van der Waals surface area contributed by atoms with E-state index in [1.54, 1.807) is 6.20 Å². The molecule has 9 nitrogen and oxygen atoms in total. The molecule has 2 rings (SSSR count). The predicted molar refractivity (Wildman–Crippen MR) is 81.8 cm³/mol. The smallest absolute Gasteiger partial charge is 0.226 e. The van der Waals surface area contributed by atoms with E-state index >= 15 is 0 Å². The number of rotatable bonds is 8. The number of aromatic amines is 1. The molecule has 2 aromatic heterocycles. The van der Waals surface area contributed by atoms with Gasteiger partial charge in [0.1, 0.15) is 5.82 Å². The van der Waals surface area contributed by atoms with E-state index in [9.17, 15) is 8.42 Å². The SMILES string of the molecule is CCNc1nc(NCCCNS(C)(=O)=O)c2cn[nH]c2n1. The molecular formula is C11H19N7O2S. The molecule has 10 heteroatoms. The lowest BCUT2D eigenvalue weighted by atomic mass is 10.3. The molecule has 4 N–H and O–H groups in total. The Kier molecular flexibility index (Phi) is 4.91. The standard InChI is InChI=1S/C11H19N7O2S/c1-3-12-11-16-9(8-7-14-18-10(8)17-11)13-5-4-6-15-21(2,19)20/h7,15H,3-6H2,1-2H3,(H3,12,13,14,16,17,18). The van der Waals surface area contributed by atoms with Crippen LogP contribution in [0.2, 0.25) is 0 Å². The highest BCUT2D eigenvalue weighted by molar-refractivity contribution is 7.88. The number of nitrogens with one attached hydrogen (secondary N) is 4. The average molecular weight is 313 g/mol. The first kappa shape index (κ1) is 15.4. The third-order valence-corrected chi connectivity index (χ3v) is 3.38. The van der Waals surface area contributed by atoms with Crippen LogP contribution in [0.4, 0.5) is 11.8 Å². The second-order valence-corrected chi connectivity index (χ2v) is 6.34. The summed E-state index contributed by atoms with van der Waals surface area (Å²) in [5, 5.41) is 13.8. The Morgan fingerprint density at radius 3 is 2.76 bits per heavy atom. The molecule has 0 bridgehead atoms. The summed E-state index contributed by atoms with van der Waals surface area (Å²) in [6.45, 7) is 3.65. The number of aromatic nitrogens is 4. The van der Waals surface area contributed by atoms with Gasteiger partial charge in [0.25, 0.3) is 0 Å². The third-order valence-electron chi connectivity index (χ3n) is 2.65. The highest BCUT2D eigenvalue weighted by Gasteiger charge is 2.08. The molecule has 0 spiro atoms. The van der Waals surface area contributed by atoms with E-state index in [-0.39, 0.29) is 0 Å². The van der Waals surface area contributed by atoms with Crippen LogP contribution in [0.15, 0.2) is 6.20 Å². The number of hydrogen-bond acceptors (Lipinski definition) is 7. The Bertz CT molecular complexity index is 698. The summed E-state index contributed by atoms with van der Waals surface area (Å²) < 4.78 is 24.3. The van der Waals surface area contributed by atoms with Crippen LogP contribution in [0.1, 0.15) is 13.3 Å². The van der Waals surface area contributed by atoms with Crippen molar-refractivity contribution in [1.29, 1.82) is 0 Å². The van der Waals surface area contributed by atoms with E-state index in [0.717, 1.165) is 18.2 Å². The van der Waals surface area contributed by atoms with E-state index in [1.807, 2.05) is 6.92 Å². The van der Waals surface area contributed by atoms with Crippen molar-refractivity contribution in [2.24, 2.45) is 0 Å². The van der Waals surface area contributed by atoms with E-state index in [4.69, 9.17) is 0 Å². The van der Waals surface area contributed by atoms with Crippen LogP contribution in [0, 0.1) is 0 Å². The van der Waals surface area contributed by atoms with E-state index in [0.29, 0.717) is 36.9 Å². The van der Waals surface area contributed by atoms with Crippen molar-refractivity contribution < 1.29 is 8.42 Å². The summed E-state index contributed by atoms with van der Waals surface area (Å²) in [7, 11) is -3.14. The van der Waals surface area contributed by atoms with Crippen LogP contribution in [-0.4, -0.2) is 54.5 Å². The Labute approximate surface area is 123 Å². The van der Waals surface area contributed by atoms with Gasteiger partial charge in [-0.25, -0.2) is 13.1 Å². The minimum atomic E-state index is -3.14. The number of hydrogen-bond donors (Lipinski definition) is 4. The molecule has 0 fully saturated rings. The van der Waals surface area contributed by atoms with Crippen LogP contribution in [0.5, 0.6) is 0 Å². The molecule has 116 valence electrons. The summed E-state index contributed by atoms with van der Waals surface area (Å²) in [5.41, 5.74) is 0.651. The molecule has 0 aliphatic carbocycles. The van der Waals surface area contributed by atoms with Gasteiger partial charge in [-0.3, -0.25) is 5.10 Å². The maximum absolute atomic E-state index is 10.9. The molecule has 0 aliphatic rings. The lowest BCUT2D eigenvalue weighted by Gasteiger charge is -2.09. The molecule has 0 unspecified atom stereocenters. The van der Waals surface area contributed by atoms with E-state index < -0.39 is 10.0 Å². The normalized spacial score (nSPS) is 11.7. The number of nitrogens with zero attached hydrogens (tertiary/aromatic N) is 3. The molecule has 0 amide bonds. The summed E-state index contributed by atoms with van der Waals surface area (Å²) >= 11 is 0. The van der Waals surface area contributed by atoms with Crippen molar-refractivity contribution in [2.75, 3.05) is 36.5 Å².